The van der Waals surface area contributed by atoms with E-state index in [1.165, 1.54) is 22.3 Å². The lowest BCUT2D eigenvalue weighted by Crippen LogP contribution is -2.32. The van der Waals surface area contributed by atoms with E-state index in [4.69, 9.17) is 5.73 Å². The van der Waals surface area contributed by atoms with Crippen LogP contribution >= 0.6 is 0 Å². The van der Waals surface area contributed by atoms with Crippen LogP contribution in [0.25, 0.3) is 0 Å². The van der Waals surface area contributed by atoms with Crippen molar-refractivity contribution < 1.29 is 0 Å². The van der Waals surface area contributed by atoms with Gasteiger partial charge in [-0.3, -0.25) is 0 Å². The summed E-state index contributed by atoms with van der Waals surface area (Å²) in [6.45, 7) is 14.9. The van der Waals surface area contributed by atoms with Crippen LogP contribution in [0.15, 0.2) is 77.2 Å². The highest BCUT2D eigenvalue weighted by molar-refractivity contribution is 5.50. The predicted molar refractivity (Wildman–Crippen MR) is 114 cm³/mol. The molecule has 0 bridgehead atoms. The molecule has 0 saturated heterocycles. The summed E-state index contributed by atoms with van der Waals surface area (Å²) in [5.41, 5.74) is 14.7. The maximum Gasteiger partial charge on any atom is 0.0301 e. The molecule has 0 radical (unpaired) electrons. The van der Waals surface area contributed by atoms with Gasteiger partial charge in [-0.2, -0.15) is 0 Å². The summed E-state index contributed by atoms with van der Waals surface area (Å²) in [6, 6.07) is 11.0. The first-order chi connectivity index (χ1) is 12.4. The molecule has 1 aromatic carbocycles. The number of aryl methyl sites for hydroxylation is 1. The molecule has 2 nitrogen and oxygen atoms in total. The third-order valence-corrected chi connectivity index (χ3v) is 5.28. The third kappa shape index (κ3) is 5.39. The second-order valence-electron chi connectivity index (χ2n) is 7.45. The first kappa shape index (κ1) is 20.1. The molecule has 2 heteroatoms. The van der Waals surface area contributed by atoms with Crippen molar-refractivity contribution in [3.8, 4) is 0 Å². The Labute approximate surface area is 159 Å². The Morgan fingerprint density at radius 1 is 1.23 bits per heavy atom. The molecule has 0 spiro atoms. The van der Waals surface area contributed by atoms with Crippen molar-refractivity contribution in [2.45, 2.75) is 65.3 Å². The molecule has 2 rings (SSSR count). The van der Waals surface area contributed by atoms with Crippen LogP contribution < -0.4 is 11.1 Å². The number of nitrogens with one attached hydrogen (secondary N) is 1. The average molecular weight is 351 g/mol. The van der Waals surface area contributed by atoms with E-state index in [9.17, 15) is 0 Å². The summed E-state index contributed by atoms with van der Waals surface area (Å²) in [7, 11) is 0. The van der Waals surface area contributed by atoms with Gasteiger partial charge in [-0.15, -0.1) is 0 Å². The van der Waals surface area contributed by atoms with Crippen LogP contribution in [0.5, 0.6) is 0 Å². The normalized spacial score (nSPS) is 18.3. The Kier molecular flexibility index (Phi) is 7.32. The lowest BCUT2D eigenvalue weighted by atomic mass is 9.81. The Bertz CT molecular complexity index is 703. The molecule has 1 unspecified atom stereocenters. The van der Waals surface area contributed by atoms with E-state index < -0.39 is 0 Å². The van der Waals surface area contributed by atoms with Gasteiger partial charge in [0, 0.05) is 17.4 Å². The number of hydrogen-bond donors (Lipinski definition) is 2. The van der Waals surface area contributed by atoms with Gasteiger partial charge in [-0.1, -0.05) is 56.0 Å². The highest BCUT2D eigenvalue weighted by Crippen LogP contribution is 2.35. The van der Waals surface area contributed by atoms with Crippen molar-refractivity contribution in [3.05, 3.63) is 82.7 Å². The SMILES string of the molecule is C=C(CCc1ccccc1)NC1CCC(C)=C(/C(C(=C)CC)=C(\C)N)C1. The number of allylic oxidation sites excluding steroid dienone is 5. The van der Waals surface area contributed by atoms with Crippen LogP contribution in [0.1, 0.15) is 58.4 Å². The Hall–Kier alpha value is -2.22. The predicted octanol–water partition coefficient (Wildman–Crippen LogP) is 5.79. The zero-order valence-corrected chi connectivity index (χ0v) is 16.7. The zero-order valence-electron chi connectivity index (χ0n) is 16.7. The Morgan fingerprint density at radius 2 is 1.92 bits per heavy atom. The molecule has 1 aromatic rings. The maximum absolute atomic E-state index is 6.21. The molecule has 0 heterocycles. The van der Waals surface area contributed by atoms with Gasteiger partial charge in [0.15, 0.2) is 0 Å². The molecular weight excluding hydrogens is 316 g/mol. The minimum atomic E-state index is 0.427. The van der Waals surface area contributed by atoms with Gasteiger partial charge in [0.05, 0.1) is 0 Å². The van der Waals surface area contributed by atoms with Crippen molar-refractivity contribution in [3.63, 3.8) is 0 Å². The second-order valence-corrected chi connectivity index (χ2v) is 7.45. The lowest BCUT2D eigenvalue weighted by Gasteiger charge is -2.30. The molecule has 1 atom stereocenters. The zero-order chi connectivity index (χ0) is 19.1. The van der Waals surface area contributed by atoms with E-state index in [-0.39, 0.29) is 0 Å². The van der Waals surface area contributed by atoms with Gasteiger partial charge in [0.2, 0.25) is 0 Å². The molecule has 140 valence electrons. The van der Waals surface area contributed by atoms with Crippen LogP contribution in [0, 0.1) is 0 Å². The van der Waals surface area contributed by atoms with E-state index in [1.807, 2.05) is 6.92 Å². The summed E-state index contributed by atoms with van der Waals surface area (Å²) < 4.78 is 0. The highest BCUT2D eigenvalue weighted by atomic mass is 14.9. The maximum atomic E-state index is 6.21. The highest BCUT2D eigenvalue weighted by Gasteiger charge is 2.23. The smallest absolute Gasteiger partial charge is 0.0301 e. The molecule has 0 amide bonds. The Balaban J connectivity index is 1.99. The fraction of sp³-hybridized carbons (Fsp3) is 0.417. The number of nitrogens with two attached hydrogens (primary N) is 1. The van der Waals surface area contributed by atoms with E-state index >= 15 is 0 Å². The van der Waals surface area contributed by atoms with Crippen LogP contribution in [0.2, 0.25) is 0 Å². The monoisotopic (exact) mass is 350 g/mol. The molecule has 3 N–H and O–H groups in total. The first-order valence-corrected chi connectivity index (χ1v) is 9.74. The molecule has 1 aliphatic rings. The molecule has 0 saturated carbocycles. The first-order valence-electron chi connectivity index (χ1n) is 9.74. The van der Waals surface area contributed by atoms with Gasteiger partial charge in [0.25, 0.3) is 0 Å². The van der Waals surface area contributed by atoms with Gasteiger partial charge >= 0.3 is 0 Å². The fourth-order valence-corrected chi connectivity index (χ4v) is 3.71. The Morgan fingerprint density at radius 3 is 2.54 bits per heavy atom. The van der Waals surface area contributed by atoms with Gasteiger partial charge in [0.1, 0.15) is 0 Å². The third-order valence-electron chi connectivity index (χ3n) is 5.28. The molecule has 26 heavy (non-hydrogen) atoms. The van der Waals surface area contributed by atoms with Crippen molar-refractivity contribution in [2.75, 3.05) is 0 Å². The van der Waals surface area contributed by atoms with Gasteiger partial charge < -0.3 is 11.1 Å². The standard InChI is InChI=1S/C24H34N2/c1-6-17(2)24(20(5)25)23-16-22(15-12-18(23)3)26-19(4)13-14-21-10-8-7-9-11-21/h7-11,22,26H,2,4,6,12-16,25H2,1,3,5H3/b24-20+. The lowest BCUT2D eigenvalue weighted by molar-refractivity contribution is 0.489. The topological polar surface area (TPSA) is 38.0 Å². The van der Waals surface area contributed by atoms with Crippen LogP contribution in [0.4, 0.5) is 0 Å². The van der Waals surface area contributed by atoms with Crippen molar-refractivity contribution >= 4 is 0 Å². The minimum Gasteiger partial charge on any atom is -0.402 e. The van der Waals surface area contributed by atoms with Crippen LogP contribution in [-0.4, -0.2) is 6.04 Å². The van der Waals surface area contributed by atoms with E-state index in [0.29, 0.717) is 6.04 Å². The molecule has 0 fully saturated rings. The average Bonchev–Trinajstić information content (AvgIpc) is 2.63. The van der Waals surface area contributed by atoms with Crippen molar-refractivity contribution in [2.24, 2.45) is 5.73 Å². The molecule has 0 aliphatic heterocycles. The number of rotatable bonds is 8. The number of hydrogen-bond acceptors (Lipinski definition) is 2. The van der Waals surface area contributed by atoms with Crippen molar-refractivity contribution in [1.29, 1.82) is 0 Å². The largest absolute Gasteiger partial charge is 0.402 e. The van der Waals surface area contributed by atoms with Crippen LogP contribution in [0.3, 0.4) is 0 Å². The minimum absolute atomic E-state index is 0.427. The second kappa shape index (κ2) is 9.47. The van der Waals surface area contributed by atoms with E-state index in [0.717, 1.165) is 55.5 Å². The fourth-order valence-electron chi connectivity index (χ4n) is 3.71. The van der Waals surface area contributed by atoms with Gasteiger partial charge in [-0.25, -0.2) is 0 Å². The summed E-state index contributed by atoms with van der Waals surface area (Å²) in [5, 5.41) is 3.67. The number of benzene rings is 1. The quantitative estimate of drug-likeness (QED) is 0.582. The molecular formula is C24H34N2. The summed E-state index contributed by atoms with van der Waals surface area (Å²) in [5.74, 6) is 0. The summed E-state index contributed by atoms with van der Waals surface area (Å²) in [4.78, 5) is 0. The molecule has 1 aliphatic carbocycles. The molecule has 0 aromatic heterocycles. The van der Waals surface area contributed by atoms with Gasteiger partial charge in [-0.05, 0) is 74.7 Å². The van der Waals surface area contributed by atoms with Crippen molar-refractivity contribution in [1.82, 2.24) is 5.32 Å². The van der Waals surface area contributed by atoms with E-state index in [1.54, 1.807) is 0 Å². The summed E-state index contributed by atoms with van der Waals surface area (Å²) in [6.07, 6.45) is 6.18. The van der Waals surface area contributed by atoms with E-state index in [2.05, 4.69) is 62.7 Å². The summed E-state index contributed by atoms with van der Waals surface area (Å²) >= 11 is 0. The van der Waals surface area contributed by atoms with Crippen LogP contribution in [-0.2, 0) is 6.42 Å².